The topological polar surface area (TPSA) is 46.9 Å². The van der Waals surface area contributed by atoms with E-state index in [1.165, 1.54) is 0 Å². The summed E-state index contributed by atoms with van der Waals surface area (Å²) in [5.41, 5.74) is 2.56. The van der Waals surface area contributed by atoms with Gasteiger partial charge in [-0.05, 0) is 13.8 Å². The van der Waals surface area contributed by atoms with Crippen LogP contribution >= 0.6 is 0 Å². The fraction of sp³-hybridized carbons (Fsp3) is 0.333. The highest BCUT2D eigenvalue weighted by molar-refractivity contribution is 5.91. The van der Waals surface area contributed by atoms with Crippen molar-refractivity contribution in [2.75, 3.05) is 0 Å². The van der Waals surface area contributed by atoms with Crippen LogP contribution in [0.3, 0.4) is 0 Å². The predicted octanol–water partition coefficient (Wildman–Crippen LogP) is 2.30. The quantitative estimate of drug-likeness (QED) is 0.603. The van der Waals surface area contributed by atoms with Gasteiger partial charge in [0.1, 0.15) is 5.82 Å². The van der Waals surface area contributed by atoms with E-state index < -0.39 is 0 Å². The lowest BCUT2D eigenvalue weighted by molar-refractivity contribution is -0.117. The van der Waals surface area contributed by atoms with Crippen LogP contribution in [-0.2, 0) is 24.3 Å². The van der Waals surface area contributed by atoms with Crippen molar-refractivity contribution in [3.05, 3.63) is 54.7 Å². The molecule has 0 bridgehead atoms. The van der Waals surface area contributed by atoms with Crippen LogP contribution in [0, 0.1) is 6.92 Å². The summed E-state index contributed by atoms with van der Waals surface area (Å²) in [6.07, 6.45) is 4.42. The molecule has 4 heteroatoms. The third-order valence-electron chi connectivity index (χ3n) is 2.80. The first-order chi connectivity index (χ1) is 9.01. The molecule has 0 aromatic carbocycles. The Bertz CT molecular complexity index is 512. The van der Waals surface area contributed by atoms with E-state index in [4.69, 9.17) is 0 Å². The minimum Gasteiger partial charge on any atom is -0.345 e. The maximum absolute atomic E-state index is 11.5. The van der Waals surface area contributed by atoms with Gasteiger partial charge in [-0.2, -0.15) is 0 Å². The first kappa shape index (κ1) is 15.0. The molecule has 0 aliphatic rings. The summed E-state index contributed by atoms with van der Waals surface area (Å²) in [4.78, 5) is 16.0. The average molecular weight is 259 g/mol. The highest BCUT2D eigenvalue weighted by Crippen LogP contribution is 2.13. The van der Waals surface area contributed by atoms with Crippen LogP contribution in [0.1, 0.15) is 24.1 Å². The van der Waals surface area contributed by atoms with Crippen LogP contribution in [0.4, 0.5) is 0 Å². The lowest BCUT2D eigenvalue weighted by Gasteiger charge is -2.10. The van der Waals surface area contributed by atoms with Crippen LogP contribution in [0.2, 0.25) is 0 Å². The molecule has 0 spiro atoms. The number of imidazole rings is 1. The summed E-state index contributed by atoms with van der Waals surface area (Å²) < 4.78 is 2.06. The van der Waals surface area contributed by atoms with Gasteiger partial charge in [0.15, 0.2) is 0 Å². The maximum Gasteiger partial charge on any atom is 0.246 e. The molecule has 1 heterocycles. The number of carbonyl (C=O) groups is 1. The van der Waals surface area contributed by atoms with Crippen LogP contribution in [0.5, 0.6) is 0 Å². The predicted molar refractivity (Wildman–Crippen MR) is 77.7 cm³/mol. The first-order valence-electron chi connectivity index (χ1n) is 6.21. The Morgan fingerprint density at radius 3 is 2.63 bits per heavy atom. The molecule has 0 unspecified atom stereocenters. The van der Waals surface area contributed by atoms with Gasteiger partial charge in [0.05, 0.1) is 12.2 Å². The molecule has 1 amide bonds. The molecule has 0 radical (unpaired) electrons. The molecule has 0 aliphatic heterocycles. The Hall–Kier alpha value is -2.10. The van der Waals surface area contributed by atoms with Gasteiger partial charge in [-0.3, -0.25) is 4.79 Å². The number of nitrogens with zero attached hydrogens (tertiary/aromatic N) is 2. The summed E-state index contributed by atoms with van der Waals surface area (Å²) in [5, 5.41) is 2.80. The molecule has 0 saturated carbocycles. The number of rotatable bonds is 7. The van der Waals surface area contributed by atoms with E-state index in [1.807, 2.05) is 19.1 Å². The van der Waals surface area contributed by atoms with E-state index in [0.717, 1.165) is 23.6 Å². The summed E-state index contributed by atoms with van der Waals surface area (Å²) in [6.45, 7) is 15.8. The minimum absolute atomic E-state index is 0.156. The molecular formula is C15H21N3O. The molecule has 4 nitrogen and oxygen atoms in total. The molecule has 0 fully saturated rings. The third-order valence-corrected chi connectivity index (χ3v) is 2.80. The molecular weight excluding hydrogens is 238 g/mol. The second-order valence-corrected chi connectivity index (χ2v) is 4.42. The number of allylic oxidation sites excluding steroid dienone is 2. The van der Waals surface area contributed by atoms with Gasteiger partial charge in [0.2, 0.25) is 5.91 Å². The van der Waals surface area contributed by atoms with Crippen molar-refractivity contribution < 1.29 is 4.79 Å². The van der Waals surface area contributed by atoms with Gasteiger partial charge in [-0.25, -0.2) is 4.98 Å². The standard InChI is InChI=1S/C15H21N3O/c1-6-8-13-12(5)17-14(18(13)9-7-2)10-16-15(19)11(3)4/h6-7H,1-3,8-10H2,4-5H3,(H,16,19). The molecule has 1 aromatic heterocycles. The van der Waals surface area contributed by atoms with E-state index in [-0.39, 0.29) is 5.91 Å². The van der Waals surface area contributed by atoms with Crippen molar-refractivity contribution >= 4 is 5.91 Å². The molecule has 19 heavy (non-hydrogen) atoms. The van der Waals surface area contributed by atoms with Gasteiger partial charge >= 0.3 is 0 Å². The highest BCUT2D eigenvalue weighted by Gasteiger charge is 2.13. The Morgan fingerprint density at radius 1 is 1.42 bits per heavy atom. The fourth-order valence-electron chi connectivity index (χ4n) is 1.85. The van der Waals surface area contributed by atoms with Gasteiger partial charge in [-0.1, -0.05) is 18.7 Å². The number of hydrogen-bond acceptors (Lipinski definition) is 2. The van der Waals surface area contributed by atoms with Gasteiger partial charge < -0.3 is 9.88 Å². The lowest BCUT2D eigenvalue weighted by Crippen LogP contribution is -2.25. The smallest absolute Gasteiger partial charge is 0.246 e. The Morgan fingerprint density at radius 2 is 2.11 bits per heavy atom. The number of carbonyl (C=O) groups excluding carboxylic acids is 1. The lowest BCUT2D eigenvalue weighted by atomic mass is 10.2. The molecule has 1 rings (SSSR count). The van der Waals surface area contributed by atoms with Crippen LogP contribution < -0.4 is 5.32 Å². The summed E-state index contributed by atoms with van der Waals surface area (Å²) >= 11 is 0. The van der Waals surface area contributed by atoms with Crippen molar-refractivity contribution in [1.82, 2.24) is 14.9 Å². The Kier molecular flexibility index (Phi) is 5.30. The van der Waals surface area contributed by atoms with Gasteiger partial charge in [0.25, 0.3) is 0 Å². The van der Waals surface area contributed by atoms with Crippen LogP contribution in [0.15, 0.2) is 37.5 Å². The molecule has 0 aliphatic carbocycles. The van der Waals surface area contributed by atoms with Crippen molar-refractivity contribution in [2.45, 2.75) is 33.4 Å². The van der Waals surface area contributed by atoms with E-state index >= 15 is 0 Å². The summed E-state index contributed by atoms with van der Waals surface area (Å²) in [7, 11) is 0. The highest BCUT2D eigenvalue weighted by atomic mass is 16.1. The normalized spacial score (nSPS) is 10.0. The van der Waals surface area contributed by atoms with Crippen LogP contribution in [0.25, 0.3) is 0 Å². The molecule has 0 saturated heterocycles. The fourth-order valence-corrected chi connectivity index (χ4v) is 1.85. The summed E-state index contributed by atoms with van der Waals surface area (Å²) in [5.74, 6) is 0.667. The number of nitrogens with one attached hydrogen (secondary N) is 1. The molecule has 0 atom stereocenters. The molecule has 1 aromatic rings. The number of amides is 1. The third kappa shape index (κ3) is 3.68. The zero-order chi connectivity index (χ0) is 14.4. The maximum atomic E-state index is 11.5. The Labute approximate surface area is 114 Å². The van der Waals surface area contributed by atoms with E-state index in [9.17, 15) is 4.79 Å². The zero-order valence-electron chi connectivity index (χ0n) is 11.7. The Balaban J connectivity index is 2.96. The SMILES string of the molecule is C=CCc1c(C)nc(CNC(=O)C(=C)C)n1CC=C. The van der Waals surface area contributed by atoms with Crippen LogP contribution in [-0.4, -0.2) is 15.5 Å². The van der Waals surface area contributed by atoms with Crippen molar-refractivity contribution in [3.8, 4) is 0 Å². The minimum atomic E-state index is -0.156. The van der Waals surface area contributed by atoms with E-state index in [2.05, 4.69) is 34.6 Å². The van der Waals surface area contributed by atoms with Gasteiger partial charge in [0, 0.05) is 24.2 Å². The molecule has 102 valence electrons. The number of hydrogen-bond donors (Lipinski definition) is 1. The zero-order valence-corrected chi connectivity index (χ0v) is 11.7. The average Bonchev–Trinajstić information content (AvgIpc) is 2.65. The van der Waals surface area contributed by atoms with E-state index in [0.29, 0.717) is 18.7 Å². The van der Waals surface area contributed by atoms with Crippen molar-refractivity contribution in [1.29, 1.82) is 0 Å². The number of aromatic nitrogens is 2. The number of aryl methyl sites for hydroxylation is 1. The summed E-state index contributed by atoms with van der Waals surface area (Å²) in [6, 6.07) is 0. The largest absolute Gasteiger partial charge is 0.345 e. The van der Waals surface area contributed by atoms with Crippen molar-refractivity contribution in [2.24, 2.45) is 0 Å². The van der Waals surface area contributed by atoms with Crippen molar-refractivity contribution in [3.63, 3.8) is 0 Å². The molecule has 1 N–H and O–H groups in total. The van der Waals surface area contributed by atoms with Gasteiger partial charge in [-0.15, -0.1) is 13.2 Å². The first-order valence-corrected chi connectivity index (χ1v) is 6.21. The van der Waals surface area contributed by atoms with E-state index in [1.54, 1.807) is 6.92 Å². The monoisotopic (exact) mass is 259 g/mol. The second-order valence-electron chi connectivity index (χ2n) is 4.42. The second kappa shape index (κ2) is 6.73.